The second kappa shape index (κ2) is 11.3. The van der Waals surface area contributed by atoms with Gasteiger partial charge in [-0.3, -0.25) is 0 Å². The first kappa shape index (κ1) is 26.9. The summed E-state index contributed by atoms with van der Waals surface area (Å²) in [5.41, 5.74) is 1.65. The van der Waals surface area contributed by atoms with E-state index in [4.69, 9.17) is 9.47 Å². The fraction of sp³-hybridized carbons (Fsp3) is 0.276. The Morgan fingerprint density at radius 1 is 1.12 bits per heavy atom. The summed E-state index contributed by atoms with van der Waals surface area (Å²) in [4.78, 5) is 20.5. The summed E-state index contributed by atoms with van der Waals surface area (Å²) >= 11 is 1.45. The van der Waals surface area contributed by atoms with Gasteiger partial charge in [0.1, 0.15) is 29.1 Å². The number of ether oxygens (including phenoxy) is 2. The summed E-state index contributed by atoms with van der Waals surface area (Å²) in [5.74, 6) is -1.56. The minimum Gasteiger partial charge on any atom is -0.478 e. The van der Waals surface area contributed by atoms with E-state index in [2.05, 4.69) is 20.2 Å². The van der Waals surface area contributed by atoms with Crippen LogP contribution in [0, 0.1) is 11.6 Å². The van der Waals surface area contributed by atoms with Crippen LogP contribution in [0.1, 0.15) is 45.1 Å². The molecule has 0 spiro atoms. The lowest BCUT2D eigenvalue weighted by Gasteiger charge is -2.27. The van der Waals surface area contributed by atoms with Crippen molar-refractivity contribution in [2.24, 2.45) is 0 Å². The van der Waals surface area contributed by atoms with E-state index in [1.807, 2.05) is 11.5 Å². The highest BCUT2D eigenvalue weighted by Gasteiger charge is 2.23. The van der Waals surface area contributed by atoms with Gasteiger partial charge in [0.15, 0.2) is 5.01 Å². The van der Waals surface area contributed by atoms with Gasteiger partial charge in [0.05, 0.1) is 34.9 Å². The van der Waals surface area contributed by atoms with Gasteiger partial charge in [0, 0.05) is 24.7 Å². The number of fused-ring (bicyclic) bond motifs is 1. The normalized spacial score (nSPS) is 14.8. The third-order valence-corrected chi connectivity index (χ3v) is 7.93. The predicted molar refractivity (Wildman–Crippen MR) is 147 cm³/mol. The van der Waals surface area contributed by atoms with Gasteiger partial charge in [-0.2, -0.15) is 0 Å². The Morgan fingerprint density at radius 2 is 1.95 bits per heavy atom. The SMILES string of the molecule is CCc1nnc(COc2cccc(-c3cc(F)c(Cc4nc5ccc(C(=O)O)cc5n4CC4CCO4)cc3F)n2)s1. The summed E-state index contributed by atoms with van der Waals surface area (Å²) < 4.78 is 43.9. The van der Waals surface area contributed by atoms with Crippen molar-refractivity contribution in [1.29, 1.82) is 0 Å². The van der Waals surface area contributed by atoms with Gasteiger partial charge in [0.2, 0.25) is 5.88 Å². The highest BCUT2D eigenvalue weighted by atomic mass is 32.1. The number of hydrogen-bond acceptors (Lipinski definition) is 8. The zero-order valence-electron chi connectivity index (χ0n) is 22.0. The van der Waals surface area contributed by atoms with Crippen LogP contribution in [0.3, 0.4) is 0 Å². The highest BCUT2D eigenvalue weighted by Crippen LogP contribution is 2.29. The van der Waals surface area contributed by atoms with E-state index in [1.54, 1.807) is 30.3 Å². The fourth-order valence-corrected chi connectivity index (χ4v) is 5.33. The van der Waals surface area contributed by atoms with Gasteiger partial charge in [-0.1, -0.05) is 24.3 Å². The lowest BCUT2D eigenvalue weighted by Crippen LogP contribution is -2.31. The average molecular weight is 578 g/mol. The van der Waals surface area contributed by atoms with Gasteiger partial charge in [-0.25, -0.2) is 23.5 Å². The van der Waals surface area contributed by atoms with Gasteiger partial charge >= 0.3 is 5.97 Å². The van der Waals surface area contributed by atoms with Crippen LogP contribution in [0.2, 0.25) is 0 Å². The van der Waals surface area contributed by atoms with E-state index in [0.717, 1.165) is 30.0 Å². The van der Waals surface area contributed by atoms with Crippen molar-refractivity contribution in [2.75, 3.05) is 6.61 Å². The molecule has 1 atom stereocenters. The van der Waals surface area contributed by atoms with Crippen LogP contribution in [0.15, 0.2) is 48.5 Å². The van der Waals surface area contributed by atoms with Crippen LogP contribution in [-0.4, -0.2) is 48.5 Å². The van der Waals surface area contributed by atoms with Crippen molar-refractivity contribution in [3.05, 3.63) is 87.1 Å². The first-order chi connectivity index (χ1) is 19.9. The summed E-state index contributed by atoms with van der Waals surface area (Å²) in [6.07, 6.45) is 1.59. The number of carboxylic acids is 1. The van der Waals surface area contributed by atoms with Crippen molar-refractivity contribution < 1.29 is 28.2 Å². The zero-order chi connectivity index (χ0) is 28.5. The lowest BCUT2D eigenvalue weighted by molar-refractivity contribution is -0.0589. The molecule has 2 aromatic carbocycles. The van der Waals surface area contributed by atoms with Gasteiger partial charge in [-0.05, 0) is 54.8 Å². The van der Waals surface area contributed by atoms with Crippen LogP contribution in [0.4, 0.5) is 8.78 Å². The van der Waals surface area contributed by atoms with E-state index in [-0.39, 0.29) is 47.4 Å². The summed E-state index contributed by atoms with van der Waals surface area (Å²) in [5, 5.41) is 19.2. The number of rotatable bonds is 10. The number of hydrogen-bond donors (Lipinski definition) is 1. The van der Waals surface area contributed by atoms with Crippen LogP contribution >= 0.6 is 11.3 Å². The second-order valence-electron chi connectivity index (χ2n) is 9.62. The molecular weight excluding hydrogens is 552 g/mol. The summed E-state index contributed by atoms with van der Waals surface area (Å²) in [7, 11) is 0. The van der Waals surface area contributed by atoms with Crippen molar-refractivity contribution in [2.45, 2.75) is 45.4 Å². The third kappa shape index (κ3) is 5.66. The van der Waals surface area contributed by atoms with Crippen molar-refractivity contribution in [3.63, 3.8) is 0 Å². The molecule has 0 radical (unpaired) electrons. The van der Waals surface area contributed by atoms with Crippen molar-refractivity contribution >= 4 is 28.3 Å². The Labute approximate surface area is 237 Å². The number of aromatic nitrogens is 5. The first-order valence-electron chi connectivity index (χ1n) is 13.1. The van der Waals surface area contributed by atoms with E-state index in [1.165, 1.54) is 17.4 Å². The quantitative estimate of drug-likeness (QED) is 0.233. The molecule has 0 saturated carbocycles. The largest absolute Gasteiger partial charge is 0.478 e. The molecule has 12 heteroatoms. The smallest absolute Gasteiger partial charge is 0.335 e. The maximum atomic E-state index is 15.4. The molecule has 3 aromatic heterocycles. The summed E-state index contributed by atoms with van der Waals surface area (Å²) in [6.45, 7) is 3.25. The van der Waals surface area contributed by atoms with Gasteiger partial charge in [0.25, 0.3) is 0 Å². The lowest BCUT2D eigenvalue weighted by atomic mass is 10.0. The standard InChI is InChI=1S/C29H25F2N5O4S/c1-2-27-34-35-28(41-27)15-40-26-5-3-4-22(33-26)19-13-20(30)17(10-21(19)31)12-25-32-23-7-6-16(29(37)38)11-24(23)36(25)14-18-8-9-39-18/h3-7,10-11,13,18H,2,8-9,12,14-15H2,1H3,(H,37,38). The Balaban J connectivity index is 1.27. The van der Waals surface area contributed by atoms with E-state index in [0.29, 0.717) is 35.0 Å². The van der Waals surface area contributed by atoms with Crippen molar-refractivity contribution in [1.82, 2.24) is 24.7 Å². The molecule has 1 fully saturated rings. The average Bonchev–Trinajstić information content (AvgIpc) is 3.55. The molecule has 1 saturated heterocycles. The van der Waals surface area contributed by atoms with Gasteiger partial charge < -0.3 is 19.1 Å². The molecule has 1 N–H and O–H groups in total. The molecule has 6 rings (SSSR count). The van der Waals surface area contributed by atoms with Crippen LogP contribution in [0.25, 0.3) is 22.3 Å². The van der Waals surface area contributed by atoms with E-state index >= 15 is 8.78 Å². The predicted octanol–water partition coefficient (Wildman–Crippen LogP) is 5.45. The molecule has 4 heterocycles. The number of carboxylic acid groups (broad SMARTS) is 1. The molecule has 210 valence electrons. The number of aryl methyl sites for hydroxylation is 1. The van der Waals surface area contributed by atoms with Crippen molar-refractivity contribution in [3.8, 4) is 17.1 Å². The maximum absolute atomic E-state index is 15.4. The molecule has 1 unspecified atom stereocenters. The number of carbonyl (C=O) groups is 1. The molecule has 0 aliphatic carbocycles. The molecule has 0 bridgehead atoms. The number of aromatic carboxylic acids is 1. The number of benzene rings is 2. The monoisotopic (exact) mass is 577 g/mol. The molecule has 0 amide bonds. The van der Waals surface area contributed by atoms with Crippen LogP contribution in [0.5, 0.6) is 5.88 Å². The highest BCUT2D eigenvalue weighted by molar-refractivity contribution is 7.11. The third-order valence-electron chi connectivity index (χ3n) is 6.89. The number of pyridine rings is 1. The maximum Gasteiger partial charge on any atom is 0.335 e. The minimum absolute atomic E-state index is 0.00311. The van der Waals surface area contributed by atoms with E-state index < -0.39 is 17.6 Å². The van der Waals surface area contributed by atoms with Crippen LogP contribution < -0.4 is 4.74 Å². The first-order valence-corrected chi connectivity index (χ1v) is 13.9. The van der Waals surface area contributed by atoms with E-state index in [9.17, 15) is 9.90 Å². The van der Waals surface area contributed by atoms with Gasteiger partial charge in [-0.15, -0.1) is 10.2 Å². The summed E-state index contributed by atoms with van der Waals surface area (Å²) in [6, 6.07) is 11.8. The topological polar surface area (TPSA) is 112 Å². The Morgan fingerprint density at radius 3 is 2.68 bits per heavy atom. The molecule has 1 aliphatic heterocycles. The minimum atomic E-state index is -1.06. The Hall–Kier alpha value is -4.29. The number of nitrogens with zero attached hydrogens (tertiary/aromatic N) is 5. The molecule has 9 nitrogen and oxygen atoms in total. The fourth-order valence-electron chi connectivity index (χ4n) is 4.64. The van der Waals surface area contributed by atoms with Crippen LogP contribution in [-0.2, 0) is 30.7 Å². The molecular formula is C29H25F2N5O4S. The zero-order valence-corrected chi connectivity index (χ0v) is 22.8. The molecule has 41 heavy (non-hydrogen) atoms. The second-order valence-corrected chi connectivity index (χ2v) is 10.8. The number of imidazole rings is 1. The Kier molecular flexibility index (Phi) is 7.41. The molecule has 1 aliphatic rings. The number of halogens is 2. The Bertz CT molecular complexity index is 1750. The molecule has 5 aromatic rings.